The van der Waals surface area contributed by atoms with E-state index in [2.05, 4.69) is 0 Å². The van der Waals surface area contributed by atoms with Crippen molar-refractivity contribution < 1.29 is 24.3 Å². The van der Waals surface area contributed by atoms with E-state index in [-0.39, 0.29) is 42.1 Å². The summed E-state index contributed by atoms with van der Waals surface area (Å²) in [6, 6.07) is 16.2. The molecule has 6 rings (SSSR count). The van der Waals surface area contributed by atoms with Gasteiger partial charge in [0.1, 0.15) is 5.75 Å². The zero-order valence-corrected chi connectivity index (χ0v) is 19.8. The molecule has 1 fully saturated rings. The fraction of sp³-hybridized carbons (Fsp3) is 0.267. The molecule has 180 valence electrons. The fourth-order valence-electron chi connectivity index (χ4n) is 6.46. The first-order valence-corrected chi connectivity index (χ1v) is 12.2. The lowest BCUT2D eigenvalue weighted by Crippen LogP contribution is -2.39. The fourth-order valence-corrected chi connectivity index (χ4v) is 6.46. The predicted molar refractivity (Wildman–Crippen MR) is 131 cm³/mol. The number of carbonyl (C=O) groups is 4. The highest BCUT2D eigenvalue weighted by atomic mass is 16.3. The Bertz CT molecular complexity index is 1430. The minimum Gasteiger partial charge on any atom is -0.508 e. The first-order chi connectivity index (χ1) is 17.4. The molecule has 6 nitrogen and oxygen atoms in total. The highest BCUT2D eigenvalue weighted by Crippen LogP contribution is 2.56. The van der Waals surface area contributed by atoms with Crippen molar-refractivity contribution in [2.45, 2.75) is 32.2 Å². The molecule has 1 aliphatic heterocycles. The second-order valence-corrected chi connectivity index (χ2v) is 10.0. The number of ketones is 2. The van der Waals surface area contributed by atoms with Gasteiger partial charge in [0.15, 0.2) is 11.6 Å². The number of Topliss-reactive ketones (excluding diaryl/α,β-unsaturated/α-hetero) is 1. The summed E-state index contributed by atoms with van der Waals surface area (Å²) in [6.07, 6.45) is 3.95. The minimum absolute atomic E-state index is 0.0316. The first-order valence-electron chi connectivity index (χ1n) is 12.2. The number of phenolic OH excluding ortho intramolecular Hbond substituents is 1. The van der Waals surface area contributed by atoms with Crippen molar-refractivity contribution in [3.05, 3.63) is 100 Å². The van der Waals surface area contributed by atoms with E-state index in [1.807, 2.05) is 36.4 Å². The number of fused-ring (bicyclic) bond motifs is 3. The van der Waals surface area contributed by atoms with E-state index < -0.39 is 23.7 Å². The van der Waals surface area contributed by atoms with Gasteiger partial charge < -0.3 is 5.11 Å². The summed E-state index contributed by atoms with van der Waals surface area (Å²) in [5, 5.41) is 10.7. The van der Waals surface area contributed by atoms with Gasteiger partial charge in [-0.05, 0) is 43.4 Å². The van der Waals surface area contributed by atoms with Crippen LogP contribution in [0.5, 0.6) is 5.75 Å². The molecule has 0 saturated carbocycles. The maximum absolute atomic E-state index is 13.7. The molecule has 1 N–H and O–H groups in total. The number of phenols is 1. The third-order valence-electron chi connectivity index (χ3n) is 8.08. The van der Waals surface area contributed by atoms with Crippen LogP contribution in [0.15, 0.2) is 89.0 Å². The highest BCUT2D eigenvalue weighted by Gasteiger charge is 2.56. The molecule has 0 radical (unpaired) electrons. The monoisotopic (exact) mass is 479 g/mol. The SMILES string of the molecule is CC1=CC(=O)C2=C(C[C@@H]3C(=CC[C@@H]4C(=O)N(Cc5ccccc5)C(=O)[C@@H]43)[C@@H]2c2ccccc2O)C1=O. The lowest BCUT2D eigenvalue weighted by atomic mass is 9.59. The molecule has 2 aromatic carbocycles. The van der Waals surface area contributed by atoms with Crippen molar-refractivity contribution >= 4 is 23.4 Å². The van der Waals surface area contributed by atoms with Crippen molar-refractivity contribution in [2.24, 2.45) is 17.8 Å². The summed E-state index contributed by atoms with van der Waals surface area (Å²) in [5.74, 6) is -2.95. The van der Waals surface area contributed by atoms with Crippen LogP contribution in [0.1, 0.15) is 36.8 Å². The third kappa shape index (κ3) is 3.24. The van der Waals surface area contributed by atoms with Crippen LogP contribution in [0.4, 0.5) is 0 Å². The van der Waals surface area contributed by atoms with Gasteiger partial charge >= 0.3 is 0 Å². The van der Waals surface area contributed by atoms with E-state index in [1.165, 1.54) is 11.0 Å². The van der Waals surface area contributed by atoms with Crippen molar-refractivity contribution in [2.75, 3.05) is 0 Å². The topological polar surface area (TPSA) is 91.8 Å². The van der Waals surface area contributed by atoms with Crippen LogP contribution in [-0.2, 0) is 25.7 Å². The van der Waals surface area contributed by atoms with Crippen LogP contribution in [0, 0.1) is 17.8 Å². The van der Waals surface area contributed by atoms with Gasteiger partial charge in [-0.1, -0.05) is 60.2 Å². The average molecular weight is 480 g/mol. The van der Waals surface area contributed by atoms with Crippen molar-refractivity contribution in [3.63, 3.8) is 0 Å². The van der Waals surface area contributed by atoms with Gasteiger partial charge in [0.25, 0.3) is 0 Å². The number of imide groups is 1. The van der Waals surface area contributed by atoms with E-state index >= 15 is 0 Å². The number of carbonyl (C=O) groups excluding carboxylic acids is 4. The quantitative estimate of drug-likeness (QED) is 0.408. The molecule has 0 bridgehead atoms. The van der Waals surface area contributed by atoms with Gasteiger partial charge in [-0.15, -0.1) is 0 Å². The van der Waals surface area contributed by atoms with E-state index in [4.69, 9.17) is 0 Å². The number of amides is 2. The number of hydrogen-bond acceptors (Lipinski definition) is 5. The molecule has 0 spiro atoms. The molecule has 6 heteroatoms. The van der Waals surface area contributed by atoms with Crippen LogP contribution in [0.25, 0.3) is 0 Å². The molecular weight excluding hydrogens is 454 g/mol. The van der Waals surface area contributed by atoms with Crippen LogP contribution in [-0.4, -0.2) is 33.4 Å². The Hall–Kier alpha value is -4.06. The molecule has 3 aliphatic carbocycles. The highest BCUT2D eigenvalue weighted by molar-refractivity contribution is 6.23. The van der Waals surface area contributed by atoms with Gasteiger partial charge in [0.2, 0.25) is 11.8 Å². The standard InChI is InChI=1S/C30H25NO5/c1-16-13-24(33)27-22(28(16)34)14-21-18(25(27)19-9-5-6-10-23(19)32)11-12-20-26(21)30(36)31(29(20)35)15-17-7-3-2-4-8-17/h2-11,13,20-21,25-26,32H,12,14-15H2,1H3/t20-,21+,25+,26-/m0/s1. The van der Waals surface area contributed by atoms with Gasteiger partial charge in [0, 0.05) is 28.2 Å². The molecule has 0 unspecified atom stereocenters. The normalized spacial score (nSPS) is 27.4. The molecule has 1 saturated heterocycles. The number of benzene rings is 2. The molecule has 2 aromatic rings. The maximum atomic E-state index is 13.7. The average Bonchev–Trinajstić information content (AvgIpc) is 3.12. The van der Waals surface area contributed by atoms with Gasteiger partial charge in [0.05, 0.1) is 18.4 Å². The van der Waals surface area contributed by atoms with E-state index in [1.54, 1.807) is 31.2 Å². The molecule has 4 aliphatic rings. The molecule has 0 aromatic heterocycles. The Balaban J connectivity index is 1.45. The molecule has 36 heavy (non-hydrogen) atoms. The molecule has 4 atom stereocenters. The van der Waals surface area contributed by atoms with Crippen LogP contribution < -0.4 is 0 Å². The first kappa shape index (κ1) is 22.4. The van der Waals surface area contributed by atoms with Crippen LogP contribution in [0.3, 0.4) is 0 Å². The largest absolute Gasteiger partial charge is 0.508 e. The smallest absolute Gasteiger partial charge is 0.234 e. The van der Waals surface area contributed by atoms with Gasteiger partial charge in [-0.25, -0.2) is 0 Å². The lowest BCUT2D eigenvalue weighted by molar-refractivity contribution is -0.140. The Kier molecular flexibility index (Phi) is 5.14. The van der Waals surface area contributed by atoms with Crippen molar-refractivity contribution in [1.82, 2.24) is 4.90 Å². The summed E-state index contributed by atoms with van der Waals surface area (Å²) >= 11 is 0. The lowest BCUT2D eigenvalue weighted by Gasteiger charge is -2.42. The summed E-state index contributed by atoms with van der Waals surface area (Å²) in [4.78, 5) is 55.0. The van der Waals surface area contributed by atoms with E-state index in [9.17, 15) is 24.3 Å². The zero-order chi connectivity index (χ0) is 25.1. The summed E-state index contributed by atoms with van der Waals surface area (Å²) in [5.41, 5.74) is 3.40. The number of aromatic hydroxyl groups is 1. The Labute approximate surface area is 208 Å². The van der Waals surface area contributed by atoms with E-state index in [0.29, 0.717) is 28.7 Å². The summed E-state index contributed by atoms with van der Waals surface area (Å²) < 4.78 is 0. The van der Waals surface area contributed by atoms with Crippen molar-refractivity contribution in [3.8, 4) is 5.75 Å². The zero-order valence-electron chi connectivity index (χ0n) is 19.8. The predicted octanol–water partition coefficient (Wildman–Crippen LogP) is 4.02. The van der Waals surface area contributed by atoms with E-state index in [0.717, 1.165) is 11.1 Å². The second-order valence-electron chi connectivity index (χ2n) is 10.0. The van der Waals surface area contributed by atoms with Crippen LogP contribution >= 0.6 is 0 Å². The summed E-state index contributed by atoms with van der Waals surface area (Å²) in [6.45, 7) is 1.84. The Morgan fingerprint density at radius 3 is 2.39 bits per heavy atom. The second kappa shape index (κ2) is 8.26. The molecule has 1 heterocycles. The molecular formula is C30H25NO5. The summed E-state index contributed by atoms with van der Waals surface area (Å²) in [7, 11) is 0. The number of allylic oxidation sites excluding steroid dienone is 6. The van der Waals surface area contributed by atoms with Gasteiger partial charge in [-0.3, -0.25) is 24.1 Å². The number of likely N-dealkylation sites (tertiary alicyclic amines) is 1. The Morgan fingerprint density at radius 1 is 0.917 bits per heavy atom. The number of nitrogens with zero attached hydrogens (tertiary/aromatic N) is 1. The number of para-hydroxylation sites is 1. The Morgan fingerprint density at radius 2 is 1.64 bits per heavy atom. The van der Waals surface area contributed by atoms with Crippen LogP contribution in [0.2, 0.25) is 0 Å². The maximum Gasteiger partial charge on any atom is 0.234 e. The number of hydrogen-bond donors (Lipinski definition) is 1. The number of rotatable bonds is 3. The minimum atomic E-state index is -0.632. The van der Waals surface area contributed by atoms with Crippen molar-refractivity contribution in [1.29, 1.82) is 0 Å². The third-order valence-corrected chi connectivity index (χ3v) is 8.08. The molecule has 2 amide bonds. The van der Waals surface area contributed by atoms with Gasteiger partial charge in [-0.2, -0.15) is 0 Å².